The third-order valence-electron chi connectivity index (χ3n) is 3.18. The van der Waals surface area contributed by atoms with Gasteiger partial charge in [0.15, 0.2) is 0 Å². The van der Waals surface area contributed by atoms with Gasteiger partial charge in [-0.15, -0.1) is 0 Å². The van der Waals surface area contributed by atoms with Gasteiger partial charge in [-0.1, -0.05) is 18.9 Å². The number of rotatable bonds is 2. The first-order chi connectivity index (χ1) is 7.75. The zero-order valence-electron chi connectivity index (χ0n) is 9.84. The van der Waals surface area contributed by atoms with E-state index in [9.17, 15) is 0 Å². The summed E-state index contributed by atoms with van der Waals surface area (Å²) in [6.07, 6.45) is 8.20. The molecule has 1 aromatic carbocycles. The molecule has 0 saturated heterocycles. The Balaban J connectivity index is 2.01. The van der Waals surface area contributed by atoms with Crippen molar-refractivity contribution >= 4 is 15.9 Å². The standard InChI is InChI=1S/C14H19BrO/c1-11-8-9-14(13(15)10-11)16-12-6-4-2-3-5-7-12/h8-10,12H,2-7H2,1H3. The van der Waals surface area contributed by atoms with E-state index in [1.165, 1.54) is 44.1 Å². The highest BCUT2D eigenvalue weighted by molar-refractivity contribution is 9.10. The molecular weight excluding hydrogens is 264 g/mol. The molecular formula is C14H19BrO. The summed E-state index contributed by atoms with van der Waals surface area (Å²) in [6, 6.07) is 6.30. The van der Waals surface area contributed by atoms with Crippen LogP contribution in [-0.4, -0.2) is 6.10 Å². The topological polar surface area (TPSA) is 9.23 Å². The third-order valence-corrected chi connectivity index (χ3v) is 3.80. The number of aryl methyl sites for hydroxylation is 1. The molecule has 0 unspecified atom stereocenters. The van der Waals surface area contributed by atoms with E-state index in [-0.39, 0.29) is 0 Å². The summed E-state index contributed by atoms with van der Waals surface area (Å²) in [7, 11) is 0. The van der Waals surface area contributed by atoms with E-state index in [2.05, 4.69) is 41.1 Å². The number of benzene rings is 1. The van der Waals surface area contributed by atoms with E-state index in [1.54, 1.807) is 0 Å². The lowest BCUT2D eigenvalue weighted by molar-refractivity contribution is 0.182. The molecule has 0 N–H and O–H groups in total. The molecule has 16 heavy (non-hydrogen) atoms. The van der Waals surface area contributed by atoms with Crippen LogP contribution >= 0.6 is 15.9 Å². The summed E-state index contributed by atoms with van der Waals surface area (Å²) in [4.78, 5) is 0. The van der Waals surface area contributed by atoms with Gasteiger partial charge in [-0.05, 0) is 66.2 Å². The minimum Gasteiger partial charge on any atom is -0.489 e. The summed E-state index contributed by atoms with van der Waals surface area (Å²) < 4.78 is 7.15. The van der Waals surface area contributed by atoms with E-state index in [0.29, 0.717) is 6.10 Å². The smallest absolute Gasteiger partial charge is 0.133 e. The fraction of sp³-hybridized carbons (Fsp3) is 0.571. The Labute approximate surface area is 106 Å². The molecule has 1 aromatic rings. The van der Waals surface area contributed by atoms with Crippen LogP contribution < -0.4 is 4.74 Å². The minimum absolute atomic E-state index is 0.418. The second kappa shape index (κ2) is 5.72. The van der Waals surface area contributed by atoms with Crippen LogP contribution in [0.2, 0.25) is 0 Å². The van der Waals surface area contributed by atoms with Crippen LogP contribution in [0.4, 0.5) is 0 Å². The van der Waals surface area contributed by atoms with E-state index < -0.39 is 0 Å². The first kappa shape index (κ1) is 12.0. The summed E-state index contributed by atoms with van der Waals surface area (Å²) in [5, 5.41) is 0. The molecule has 1 saturated carbocycles. The van der Waals surface area contributed by atoms with Gasteiger partial charge in [0.2, 0.25) is 0 Å². The molecule has 0 radical (unpaired) electrons. The van der Waals surface area contributed by atoms with Gasteiger partial charge >= 0.3 is 0 Å². The third kappa shape index (κ3) is 3.24. The Kier molecular flexibility index (Phi) is 4.28. The number of hydrogen-bond donors (Lipinski definition) is 0. The molecule has 0 amide bonds. The maximum absolute atomic E-state index is 6.07. The summed E-state index contributed by atoms with van der Waals surface area (Å²) in [6.45, 7) is 2.10. The minimum atomic E-state index is 0.418. The second-order valence-corrected chi connectivity index (χ2v) is 5.52. The van der Waals surface area contributed by atoms with Crippen LogP contribution in [0, 0.1) is 6.92 Å². The van der Waals surface area contributed by atoms with Gasteiger partial charge in [0, 0.05) is 0 Å². The molecule has 0 aromatic heterocycles. The monoisotopic (exact) mass is 282 g/mol. The molecule has 1 aliphatic rings. The van der Waals surface area contributed by atoms with Crippen molar-refractivity contribution in [1.29, 1.82) is 0 Å². The van der Waals surface area contributed by atoms with Crippen LogP contribution in [0.25, 0.3) is 0 Å². The summed E-state index contributed by atoms with van der Waals surface area (Å²) in [5.74, 6) is 0.998. The van der Waals surface area contributed by atoms with Crippen molar-refractivity contribution < 1.29 is 4.74 Å². The van der Waals surface area contributed by atoms with Crippen molar-refractivity contribution in [3.05, 3.63) is 28.2 Å². The van der Waals surface area contributed by atoms with Gasteiger partial charge in [0.05, 0.1) is 10.6 Å². The van der Waals surface area contributed by atoms with E-state index in [0.717, 1.165) is 10.2 Å². The fourth-order valence-corrected chi connectivity index (χ4v) is 2.83. The Morgan fingerprint density at radius 3 is 2.44 bits per heavy atom. The first-order valence-electron chi connectivity index (χ1n) is 6.18. The quantitative estimate of drug-likeness (QED) is 0.704. The molecule has 0 atom stereocenters. The van der Waals surface area contributed by atoms with Gasteiger partial charge in [-0.3, -0.25) is 0 Å². The SMILES string of the molecule is Cc1ccc(OC2CCCCCC2)c(Br)c1. The molecule has 0 spiro atoms. The largest absolute Gasteiger partial charge is 0.489 e. The van der Waals surface area contributed by atoms with Crippen molar-refractivity contribution in [3.8, 4) is 5.75 Å². The van der Waals surface area contributed by atoms with Crippen molar-refractivity contribution in [3.63, 3.8) is 0 Å². The normalized spacial score (nSPS) is 18.1. The van der Waals surface area contributed by atoms with Crippen molar-refractivity contribution in [2.75, 3.05) is 0 Å². The molecule has 0 aliphatic heterocycles. The molecule has 1 nitrogen and oxygen atoms in total. The van der Waals surface area contributed by atoms with Crippen LogP contribution in [0.5, 0.6) is 5.75 Å². The zero-order valence-corrected chi connectivity index (χ0v) is 11.4. The highest BCUT2D eigenvalue weighted by atomic mass is 79.9. The number of ether oxygens (including phenoxy) is 1. The molecule has 88 valence electrons. The summed E-state index contributed by atoms with van der Waals surface area (Å²) >= 11 is 3.57. The summed E-state index contributed by atoms with van der Waals surface area (Å²) in [5.41, 5.74) is 1.26. The predicted octanol–water partition coefficient (Wildman–Crippen LogP) is 4.86. The maximum Gasteiger partial charge on any atom is 0.133 e. The fourth-order valence-electron chi connectivity index (χ4n) is 2.24. The van der Waals surface area contributed by atoms with Crippen LogP contribution in [0.15, 0.2) is 22.7 Å². The Bertz CT molecular complexity index is 341. The lowest BCUT2D eigenvalue weighted by Crippen LogP contribution is -2.15. The van der Waals surface area contributed by atoms with Gasteiger partial charge in [0.25, 0.3) is 0 Å². The van der Waals surface area contributed by atoms with E-state index >= 15 is 0 Å². The van der Waals surface area contributed by atoms with E-state index in [1.807, 2.05) is 0 Å². The molecule has 2 rings (SSSR count). The van der Waals surface area contributed by atoms with Crippen LogP contribution in [0.1, 0.15) is 44.1 Å². The average Bonchev–Trinajstić information content (AvgIpc) is 2.51. The Morgan fingerprint density at radius 2 is 1.81 bits per heavy atom. The first-order valence-corrected chi connectivity index (χ1v) is 6.98. The van der Waals surface area contributed by atoms with Gasteiger partial charge in [0.1, 0.15) is 5.75 Å². The maximum atomic E-state index is 6.07. The Morgan fingerprint density at radius 1 is 1.12 bits per heavy atom. The van der Waals surface area contributed by atoms with Crippen LogP contribution in [0.3, 0.4) is 0 Å². The van der Waals surface area contributed by atoms with Gasteiger partial charge in [-0.25, -0.2) is 0 Å². The second-order valence-electron chi connectivity index (χ2n) is 4.67. The van der Waals surface area contributed by atoms with Crippen molar-refractivity contribution in [2.45, 2.75) is 51.6 Å². The van der Waals surface area contributed by atoms with Crippen molar-refractivity contribution in [2.24, 2.45) is 0 Å². The Hall–Kier alpha value is -0.500. The average molecular weight is 283 g/mol. The highest BCUT2D eigenvalue weighted by Crippen LogP contribution is 2.29. The lowest BCUT2D eigenvalue weighted by atomic mass is 10.1. The number of hydrogen-bond acceptors (Lipinski definition) is 1. The van der Waals surface area contributed by atoms with E-state index in [4.69, 9.17) is 4.74 Å². The lowest BCUT2D eigenvalue weighted by Gasteiger charge is -2.18. The molecule has 2 heteroatoms. The van der Waals surface area contributed by atoms with Crippen LogP contribution in [-0.2, 0) is 0 Å². The molecule has 0 heterocycles. The zero-order chi connectivity index (χ0) is 11.4. The molecule has 1 aliphatic carbocycles. The van der Waals surface area contributed by atoms with Gasteiger partial charge < -0.3 is 4.74 Å². The highest BCUT2D eigenvalue weighted by Gasteiger charge is 2.14. The van der Waals surface area contributed by atoms with Gasteiger partial charge in [-0.2, -0.15) is 0 Å². The predicted molar refractivity (Wildman–Crippen MR) is 71.0 cm³/mol. The van der Waals surface area contributed by atoms with Crippen molar-refractivity contribution in [1.82, 2.24) is 0 Å². The molecule has 1 fully saturated rings. The molecule has 0 bridgehead atoms. The number of halogens is 1.